The Kier molecular flexibility index (Phi) is 7.16. The molecule has 0 aliphatic carbocycles. The predicted octanol–water partition coefficient (Wildman–Crippen LogP) is 3.84. The van der Waals surface area contributed by atoms with Crippen molar-refractivity contribution in [3.05, 3.63) is 101 Å². The summed E-state index contributed by atoms with van der Waals surface area (Å²) in [6.45, 7) is 3.99. The molecule has 0 bridgehead atoms. The summed E-state index contributed by atoms with van der Waals surface area (Å²) >= 11 is 0. The molecule has 3 heterocycles. The fourth-order valence-electron chi connectivity index (χ4n) is 4.92. The number of fused-ring (bicyclic) bond motifs is 1. The number of rotatable bonds is 9. The molecule has 12 heteroatoms. The maximum absolute atomic E-state index is 12.1. The quantitative estimate of drug-likeness (QED) is 0.176. The summed E-state index contributed by atoms with van der Waals surface area (Å²) in [5, 5.41) is 7.77. The summed E-state index contributed by atoms with van der Waals surface area (Å²) in [5.41, 5.74) is 14.4. The lowest BCUT2D eigenvalue weighted by Crippen LogP contribution is -2.23. The highest BCUT2D eigenvalue weighted by molar-refractivity contribution is 6.07. The Labute approximate surface area is 247 Å². The number of imidazole rings is 1. The third-order valence-electron chi connectivity index (χ3n) is 7.04. The number of nitrogen functional groups attached to an aromatic ring is 1. The molecule has 0 radical (unpaired) electrons. The van der Waals surface area contributed by atoms with Gasteiger partial charge in [0.25, 0.3) is 5.88 Å². The van der Waals surface area contributed by atoms with E-state index in [4.69, 9.17) is 36.3 Å². The molecule has 2 aromatic heterocycles. The molecular formula is C31H29N9O3. The van der Waals surface area contributed by atoms with Crippen LogP contribution in [0.25, 0.3) is 11.2 Å². The number of aryl methyl sites for hydroxylation is 1. The first-order chi connectivity index (χ1) is 20.8. The summed E-state index contributed by atoms with van der Waals surface area (Å²) in [5.74, 6) is 1.46. The molecule has 0 saturated carbocycles. The molecule has 1 aliphatic heterocycles. The average molecular weight is 576 g/mol. The molecule has 0 spiro atoms. The van der Waals surface area contributed by atoms with Crippen molar-refractivity contribution in [1.29, 1.82) is 5.41 Å². The molecule has 216 valence electrons. The number of nitrogens with two attached hydrogens (primary N) is 2. The molecule has 0 fully saturated rings. The van der Waals surface area contributed by atoms with E-state index < -0.39 is 5.91 Å². The summed E-state index contributed by atoms with van der Waals surface area (Å²) in [6, 6.07) is 22.1. The fraction of sp³-hybridized carbons (Fsp3) is 0.161. The molecule has 0 unspecified atom stereocenters. The second-order valence-electron chi connectivity index (χ2n) is 10.1. The van der Waals surface area contributed by atoms with Crippen molar-refractivity contribution >= 4 is 28.7 Å². The standard InChI is InChI=1S/C31H29N9O3/c1-18-36-25-29(40(18)17-19-7-4-3-5-8-19)37-31(43-21-10-6-9-20(15-21)28-35-13-14-39(28)2)38-30(25)42-22-11-12-23(26(32)33)24(16-22)27(34)41/h3-12,15-16H,13-14,17H2,1-2H3,(H3,32,33)(H2,34,41). The van der Waals surface area contributed by atoms with E-state index in [9.17, 15) is 4.79 Å². The van der Waals surface area contributed by atoms with Gasteiger partial charge in [0.2, 0.25) is 5.91 Å². The van der Waals surface area contributed by atoms with Crippen LogP contribution in [-0.4, -0.2) is 62.1 Å². The van der Waals surface area contributed by atoms with Crippen molar-refractivity contribution < 1.29 is 14.3 Å². The second kappa shape index (κ2) is 11.2. The van der Waals surface area contributed by atoms with E-state index in [1.54, 1.807) is 6.07 Å². The predicted molar refractivity (Wildman–Crippen MR) is 162 cm³/mol. The van der Waals surface area contributed by atoms with Crippen LogP contribution in [0.3, 0.4) is 0 Å². The van der Waals surface area contributed by atoms with E-state index in [1.165, 1.54) is 12.1 Å². The number of hydrogen-bond acceptors (Lipinski definition) is 9. The van der Waals surface area contributed by atoms with Crippen LogP contribution >= 0.6 is 0 Å². The van der Waals surface area contributed by atoms with Crippen LogP contribution in [-0.2, 0) is 6.54 Å². The molecule has 12 nitrogen and oxygen atoms in total. The number of benzene rings is 3. The highest BCUT2D eigenvalue weighted by Crippen LogP contribution is 2.32. The smallest absolute Gasteiger partial charge is 0.327 e. The molecule has 5 aromatic rings. The van der Waals surface area contributed by atoms with Crippen molar-refractivity contribution in [2.24, 2.45) is 16.5 Å². The molecule has 0 atom stereocenters. The summed E-state index contributed by atoms with van der Waals surface area (Å²) in [4.78, 5) is 32.8. The molecule has 1 amide bonds. The monoisotopic (exact) mass is 575 g/mol. The minimum atomic E-state index is -0.743. The number of amides is 1. The molecule has 1 aliphatic rings. The van der Waals surface area contributed by atoms with Gasteiger partial charge in [-0.3, -0.25) is 15.2 Å². The molecule has 43 heavy (non-hydrogen) atoms. The van der Waals surface area contributed by atoms with Crippen LogP contribution in [0, 0.1) is 12.3 Å². The van der Waals surface area contributed by atoms with Gasteiger partial charge in [-0.25, -0.2) is 4.98 Å². The molecule has 5 N–H and O–H groups in total. The lowest BCUT2D eigenvalue weighted by atomic mass is 10.1. The van der Waals surface area contributed by atoms with Crippen molar-refractivity contribution in [2.75, 3.05) is 20.1 Å². The first-order valence-electron chi connectivity index (χ1n) is 13.6. The Morgan fingerprint density at radius 2 is 1.72 bits per heavy atom. The van der Waals surface area contributed by atoms with E-state index in [1.807, 2.05) is 73.1 Å². The third-order valence-corrected chi connectivity index (χ3v) is 7.04. The van der Waals surface area contributed by atoms with Gasteiger partial charge in [-0.2, -0.15) is 9.97 Å². The van der Waals surface area contributed by atoms with Gasteiger partial charge >= 0.3 is 6.01 Å². The van der Waals surface area contributed by atoms with Gasteiger partial charge in [0.05, 0.1) is 18.7 Å². The Balaban J connectivity index is 1.43. The zero-order valence-corrected chi connectivity index (χ0v) is 23.6. The number of hydrogen-bond donors (Lipinski definition) is 3. The maximum atomic E-state index is 12.1. The number of aromatic nitrogens is 4. The Morgan fingerprint density at radius 3 is 2.44 bits per heavy atom. The number of carbonyl (C=O) groups is 1. The Bertz CT molecular complexity index is 1900. The van der Waals surface area contributed by atoms with E-state index in [-0.39, 0.29) is 34.6 Å². The lowest BCUT2D eigenvalue weighted by Gasteiger charge is -2.14. The Hall–Kier alpha value is -5.78. The highest BCUT2D eigenvalue weighted by atomic mass is 16.5. The Morgan fingerprint density at radius 1 is 0.930 bits per heavy atom. The number of nitrogens with one attached hydrogen (secondary N) is 1. The van der Waals surface area contributed by atoms with Gasteiger partial charge < -0.3 is 30.4 Å². The maximum Gasteiger partial charge on any atom is 0.327 e. The molecule has 3 aromatic carbocycles. The highest BCUT2D eigenvalue weighted by Gasteiger charge is 2.21. The number of carbonyl (C=O) groups excluding carboxylic acids is 1. The van der Waals surface area contributed by atoms with E-state index in [2.05, 4.69) is 14.9 Å². The van der Waals surface area contributed by atoms with Gasteiger partial charge in [-0.1, -0.05) is 42.5 Å². The summed E-state index contributed by atoms with van der Waals surface area (Å²) in [7, 11) is 2.00. The number of aliphatic imine (C=N–C) groups is 1. The van der Waals surface area contributed by atoms with Gasteiger partial charge in [-0.15, -0.1) is 0 Å². The van der Waals surface area contributed by atoms with Crippen molar-refractivity contribution in [1.82, 2.24) is 24.4 Å². The van der Waals surface area contributed by atoms with Crippen LogP contribution in [0.15, 0.2) is 77.8 Å². The largest absolute Gasteiger partial charge is 0.437 e. The third kappa shape index (κ3) is 5.58. The first kappa shape index (κ1) is 27.4. The summed E-state index contributed by atoms with van der Waals surface area (Å²) in [6.07, 6.45) is 0. The SMILES string of the molecule is Cc1nc2c(Oc3ccc(C(=N)N)c(C(N)=O)c3)nc(Oc3cccc(C4=NCCN4C)c3)nc2n1Cc1ccccc1. The molecule has 6 rings (SSSR count). The van der Waals surface area contributed by atoms with Crippen LogP contribution in [0.4, 0.5) is 0 Å². The van der Waals surface area contributed by atoms with E-state index in [0.717, 1.165) is 30.1 Å². The van der Waals surface area contributed by atoms with Crippen molar-refractivity contribution in [3.63, 3.8) is 0 Å². The van der Waals surface area contributed by atoms with Crippen LogP contribution < -0.4 is 20.9 Å². The molecular weight excluding hydrogens is 546 g/mol. The zero-order valence-electron chi connectivity index (χ0n) is 23.6. The first-order valence-corrected chi connectivity index (χ1v) is 13.6. The molecule has 0 saturated heterocycles. The number of ether oxygens (including phenoxy) is 2. The topological polar surface area (TPSA) is 171 Å². The van der Waals surface area contributed by atoms with Crippen molar-refractivity contribution in [3.8, 4) is 23.4 Å². The van der Waals surface area contributed by atoms with Crippen LogP contribution in [0.2, 0.25) is 0 Å². The van der Waals surface area contributed by atoms with Gasteiger partial charge in [0.15, 0.2) is 11.2 Å². The number of nitrogens with zero attached hydrogens (tertiary/aromatic N) is 6. The average Bonchev–Trinajstić information content (AvgIpc) is 3.56. The number of primary amides is 1. The zero-order chi connectivity index (χ0) is 30.1. The lowest BCUT2D eigenvalue weighted by molar-refractivity contribution is 0.0999. The minimum absolute atomic E-state index is 0.0473. The van der Waals surface area contributed by atoms with Gasteiger partial charge in [0, 0.05) is 24.7 Å². The normalized spacial score (nSPS) is 12.8. The van der Waals surface area contributed by atoms with Gasteiger partial charge in [0.1, 0.15) is 29.0 Å². The van der Waals surface area contributed by atoms with Gasteiger partial charge in [-0.05, 0) is 42.8 Å². The van der Waals surface area contributed by atoms with E-state index in [0.29, 0.717) is 29.3 Å². The van der Waals surface area contributed by atoms with Crippen LogP contribution in [0.5, 0.6) is 23.4 Å². The number of likely N-dealkylation sites (N-methyl/N-ethyl adjacent to an activating group) is 1. The summed E-state index contributed by atoms with van der Waals surface area (Å²) < 4.78 is 14.3. The minimum Gasteiger partial charge on any atom is -0.437 e. The van der Waals surface area contributed by atoms with Crippen molar-refractivity contribution in [2.45, 2.75) is 13.5 Å². The van der Waals surface area contributed by atoms with E-state index >= 15 is 0 Å². The second-order valence-corrected chi connectivity index (χ2v) is 10.1. The number of amidine groups is 2. The fourth-order valence-corrected chi connectivity index (χ4v) is 4.92. The van der Waals surface area contributed by atoms with Crippen LogP contribution in [0.1, 0.15) is 32.9 Å².